The van der Waals surface area contributed by atoms with Crippen molar-refractivity contribution in [3.63, 3.8) is 0 Å². The average molecular weight is 307 g/mol. The number of ether oxygens (including phenoxy) is 1. The van der Waals surface area contributed by atoms with Crippen molar-refractivity contribution in [3.8, 4) is 0 Å². The predicted octanol–water partition coefficient (Wildman–Crippen LogP) is 3.02. The molecule has 0 unspecified atom stereocenters. The summed E-state index contributed by atoms with van der Waals surface area (Å²) in [5.74, 6) is -2.38. The number of amides is 1. The number of benzene rings is 1. The van der Waals surface area contributed by atoms with Crippen molar-refractivity contribution in [2.75, 3.05) is 6.54 Å². The van der Waals surface area contributed by atoms with Crippen LogP contribution in [0.4, 0.5) is 9.18 Å². The predicted molar refractivity (Wildman–Crippen MR) is 77.7 cm³/mol. The van der Waals surface area contributed by atoms with Gasteiger partial charge in [0.2, 0.25) is 0 Å². The van der Waals surface area contributed by atoms with E-state index < -0.39 is 23.8 Å². The Bertz CT molecular complexity index is 571. The summed E-state index contributed by atoms with van der Waals surface area (Å²) in [5.41, 5.74) is 1.11. The number of carboxylic acid groups (broad SMARTS) is 1. The Morgan fingerprint density at radius 1 is 1.32 bits per heavy atom. The lowest BCUT2D eigenvalue weighted by Crippen LogP contribution is -2.26. The number of hydrogen-bond donors (Lipinski definition) is 2. The molecule has 1 aliphatic rings. The summed E-state index contributed by atoms with van der Waals surface area (Å²) in [6, 6.07) is 9.13. The van der Waals surface area contributed by atoms with Crippen molar-refractivity contribution in [2.45, 2.75) is 25.9 Å². The van der Waals surface area contributed by atoms with Gasteiger partial charge in [-0.1, -0.05) is 30.3 Å². The van der Waals surface area contributed by atoms with Crippen LogP contribution in [0, 0.1) is 5.92 Å². The number of alkyl carbamates (subject to hydrolysis) is 1. The molecule has 0 radical (unpaired) electrons. The van der Waals surface area contributed by atoms with Gasteiger partial charge in [-0.2, -0.15) is 0 Å². The third-order valence-electron chi connectivity index (χ3n) is 3.61. The number of carbonyl (C=O) groups is 2. The molecule has 0 aliphatic heterocycles. The van der Waals surface area contributed by atoms with Gasteiger partial charge < -0.3 is 15.2 Å². The molecule has 1 amide bonds. The summed E-state index contributed by atoms with van der Waals surface area (Å²) in [7, 11) is 0. The largest absolute Gasteiger partial charge is 0.481 e. The Morgan fingerprint density at radius 3 is 2.73 bits per heavy atom. The second kappa shape index (κ2) is 7.59. The number of nitrogens with one attached hydrogen (secondary N) is 1. The van der Waals surface area contributed by atoms with Gasteiger partial charge in [-0.15, -0.1) is 0 Å². The van der Waals surface area contributed by atoms with Crippen LogP contribution in [0.15, 0.2) is 41.7 Å². The molecule has 2 rings (SSSR count). The summed E-state index contributed by atoms with van der Waals surface area (Å²) >= 11 is 0. The number of carboxylic acids is 1. The average Bonchev–Trinajstić information content (AvgIpc) is 3.01. The fraction of sp³-hybridized carbons (Fsp3) is 0.375. The molecule has 1 aliphatic carbocycles. The molecule has 118 valence electrons. The number of aliphatic carboxylic acids is 1. The van der Waals surface area contributed by atoms with E-state index in [9.17, 15) is 14.0 Å². The van der Waals surface area contributed by atoms with E-state index in [2.05, 4.69) is 5.32 Å². The minimum absolute atomic E-state index is 0.0998. The molecule has 0 aromatic heterocycles. The van der Waals surface area contributed by atoms with Crippen LogP contribution in [-0.4, -0.2) is 23.7 Å². The van der Waals surface area contributed by atoms with Crippen molar-refractivity contribution in [3.05, 3.63) is 47.3 Å². The van der Waals surface area contributed by atoms with Gasteiger partial charge in [-0.05, 0) is 30.4 Å². The molecular weight excluding hydrogens is 289 g/mol. The summed E-state index contributed by atoms with van der Waals surface area (Å²) in [5, 5.41) is 11.3. The Balaban J connectivity index is 1.81. The molecule has 6 heteroatoms. The zero-order chi connectivity index (χ0) is 15.9. The Hall–Kier alpha value is -2.37. The minimum atomic E-state index is -1.02. The highest BCUT2D eigenvalue weighted by atomic mass is 19.1. The number of hydrogen-bond acceptors (Lipinski definition) is 3. The Labute approximate surface area is 127 Å². The first-order chi connectivity index (χ1) is 10.6. The van der Waals surface area contributed by atoms with Crippen LogP contribution in [0.2, 0.25) is 0 Å². The summed E-state index contributed by atoms with van der Waals surface area (Å²) < 4.78 is 18.9. The van der Waals surface area contributed by atoms with Crippen molar-refractivity contribution in [1.29, 1.82) is 0 Å². The topological polar surface area (TPSA) is 75.6 Å². The molecule has 5 nitrogen and oxygen atoms in total. The molecule has 1 atom stereocenters. The van der Waals surface area contributed by atoms with Crippen LogP contribution < -0.4 is 5.32 Å². The van der Waals surface area contributed by atoms with Crippen LogP contribution in [0.3, 0.4) is 0 Å². The highest BCUT2D eigenvalue weighted by molar-refractivity contribution is 5.74. The third-order valence-corrected chi connectivity index (χ3v) is 3.61. The first-order valence-corrected chi connectivity index (χ1v) is 7.12. The lowest BCUT2D eigenvalue weighted by Gasteiger charge is -2.10. The van der Waals surface area contributed by atoms with E-state index in [0.717, 1.165) is 5.56 Å². The lowest BCUT2D eigenvalue weighted by molar-refractivity contribution is -0.140. The monoisotopic (exact) mass is 307 g/mol. The first kappa shape index (κ1) is 16.0. The third kappa shape index (κ3) is 4.31. The molecular formula is C16H18FNO4. The molecule has 0 heterocycles. The van der Waals surface area contributed by atoms with Crippen LogP contribution in [-0.2, 0) is 16.1 Å². The van der Waals surface area contributed by atoms with Gasteiger partial charge in [0.25, 0.3) is 0 Å². The van der Waals surface area contributed by atoms with Gasteiger partial charge in [0.1, 0.15) is 12.4 Å². The summed E-state index contributed by atoms with van der Waals surface area (Å²) in [6.45, 7) is -0.241. The van der Waals surface area contributed by atoms with Crippen LogP contribution in [0.25, 0.3) is 0 Å². The molecule has 22 heavy (non-hydrogen) atoms. The molecule has 1 aromatic carbocycles. The van der Waals surface area contributed by atoms with Crippen molar-refractivity contribution in [1.82, 2.24) is 5.32 Å². The fourth-order valence-corrected chi connectivity index (χ4v) is 2.48. The standard InChI is InChI=1S/C16H18FNO4/c17-14(12-7-4-8-13(12)15(19)20)9-18-16(21)22-10-11-5-2-1-3-6-11/h1-3,5-6,13H,4,7-10H2,(H,18,21)(H,19,20)/b14-12+/t13-/m1/s1. The van der Waals surface area contributed by atoms with Gasteiger partial charge >= 0.3 is 12.1 Å². The molecule has 0 saturated heterocycles. The minimum Gasteiger partial charge on any atom is -0.481 e. The maximum atomic E-state index is 14.0. The Kier molecular flexibility index (Phi) is 5.52. The molecule has 1 saturated carbocycles. The zero-order valence-corrected chi connectivity index (χ0v) is 12.0. The van der Waals surface area contributed by atoms with Crippen LogP contribution in [0.1, 0.15) is 24.8 Å². The van der Waals surface area contributed by atoms with Crippen LogP contribution in [0.5, 0.6) is 0 Å². The highest BCUT2D eigenvalue weighted by Gasteiger charge is 2.30. The SMILES string of the molecule is O=C(NC/C(F)=C1/CCC[C@H]1C(=O)O)OCc1ccccc1. The van der Waals surface area contributed by atoms with Gasteiger partial charge in [0.15, 0.2) is 0 Å². The van der Waals surface area contributed by atoms with Crippen molar-refractivity contribution in [2.24, 2.45) is 5.92 Å². The number of carbonyl (C=O) groups excluding carboxylic acids is 1. The van der Waals surface area contributed by atoms with E-state index in [0.29, 0.717) is 19.3 Å². The number of rotatable bonds is 5. The zero-order valence-electron chi connectivity index (χ0n) is 12.0. The van der Waals surface area contributed by atoms with E-state index in [1.165, 1.54) is 0 Å². The van der Waals surface area contributed by atoms with E-state index in [1.54, 1.807) is 0 Å². The fourth-order valence-electron chi connectivity index (χ4n) is 2.48. The second-order valence-corrected chi connectivity index (χ2v) is 5.13. The van der Waals surface area contributed by atoms with Crippen LogP contribution >= 0.6 is 0 Å². The van der Waals surface area contributed by atoms with Gasteiger partial charge in [-0.3, -0.25) is 4.79 Å². The molecule has 0 bridgehead atoms. The molecule has 1 fully saturated rings. The second-order valence-electron chi connectivity index (χ2n) is 5.13. The van der Waals surface area contributed by atoms with Gasteiger partial charge in [0.05, 0.1) is 12.5 Å². The van der Waals surface area contributed by atoms with E-state index in [4.69, 9.17) is 9.84 Å². The first-order valence-electron chi connectivity index (χ1n) is 7.12. The highest BCUT2D eigenvalue weighted by Crippen LogP contribution is 2.33. The normalized spacial score (nSPS) is 19.6. The van der Waals surface area contributed by atoms with Crippen molar-refractivity contribution >= 4 is 12.1 Å². The lowest BCUT2D eigenvalue weighted by atomic mass is 10.0. The maximum Gasteiger partial charge on any atom is 0.407 e. The van der Waals surface area contributed by atoms with Gasteiger partial charge in [-0.25, -0.2) is 9.18 Å². The summed E-state index contributed by atoms with van der Waals surface area (Å²) in [4.78, 5) is 22.5. The van der Waals surface area contributed by atoms with E-state index in [-0.39, 0.29) is 18.7 Å². The molecule has 0 spiro atoms. The number of halogens is 1. The maximum absolute atomic E-state index is 14.0. The quantitative estimate of drug-likeness (QED) is 0.876. The van der Waals surface area contributed by atoms with Crippen molar-refractivity contribution < 1.29 is 23.8 Å². The van der Waals surface area contributed by atoms with E-state index >= 15 is 0 Å². The molecule has 2 N–H and O–H groups in total. The van der Waals surface area contributed by atoms with Gasteiger partial charge in [0, 0.05) is 0 Å². The van der Waals surface area contributed by atoms with E-state index in [1.807, 2.05) is 30.3 Å². The summed E-state index contributed by atoms with van der Waals surface area (Å²) in [6.07, 6.45) is 0.780. The smallest absolute Gasteiger partial charge is 0.407 e. The molecule has 1 aromatic rings. The Morgan fingerprint density at radius 2 is 2.05 bits per heavy atom.